The van der Waals surface area contributed by atoms with E-state index in [2.05, 4.69) is 68.2 Å². The fourth-order valence-electron chi connectivity index (χ4n) is 4.12. The van der Waals surface area contributed by atoms with Gasteiger partial charge in [-0.3, -0.25) is 4.79 Å². The number of hydrogen-bond acceptors (Lipinski definition) is 3. The molecule has 1 saturated heterocycles. The van der Waals surface area contributed by atoms with Gasteiger partial charge >= 0.3 is 0 Å². The molecule has 162 valence electrons. The Morgan fingerprint density at radius 1 is 1.17 bits per heavy atom. The van der Waals surface area contributed by atoms with E-state index in [1.807, 2.05) is 25.1 Å². The molecule has 0 radical (unpaired) electrons. The molecule has 2 unspecified atom stereocenters. The van der Waals surface area contributed by atoms with Crippen LogP contribution < -0.4 is 15.0 Å². The summed E-state index contributed by atoms with van der Waals surface area (Å²) in [7, 11) is 0. The average Bonchev–Trinajstić information content (AvgIpc) is 2.72. The number of para-hydroxylation sites is 1. The van der Waals surface area contributed by atoms with Gasteiger partial charge in [0.1, 0.15) is 5.75 Å². The summed E-state index contributed by atoms with van der Waals surface area (Å²) < 4.78 is 5.85. The second-order valence-corrected chi connectivity index (χ2v) is 9.61. The van der Waals surface area contributed by atoms with Crippen LogP contribution >= 0.6 is 0 Å². The van der Waals surface area contributed by atoms with Gasteiger partial charge in [-0.2, -0.15) is 0 Å². The first-order chi connectivity index (χ1) is 14.2. The van der Waals surface area contributed by atoms with Crippen molar-refractivity contribution in [3.8, 4) is 5.75 Å². The Balaban J connectivity index is 1.55. The van der Waals surface area contributed by atoms with Crippen LogP contribution in [0.5, 0.6) is 5.75 Å². The van der Waals surface area contributed by atoms with Gasteiger partial charge < -0.3 is 15.0 Å². The van der Waals surface area contributed by atoms with E-state index in [-0.39, 0.29) is 24.0 Å². The number of hydrogen-bond donors (Lipinski definition) is 1. The maximum atomic E-state index is 12.5. The fourth-order valence-corrected chi connectivity index (χ4v) is 4.12. The predicted octanol–water partition coefficient (Wildman–Crippen LogP) is 5.48. The summed E-state index contributed by atoms with van der Waals surface area (Å²) in [5, 5.41) is 3.05. The second kappa shape index (κ2) is 9.55. The third kappa shape index (κ3) is 5.78. The van der Waals surface area contributed by atoms with Gasteiger partial charge in [-0.15, -0.1) is 0 Å². The summed E-state index contributed by atoms with van der Waals surface area (Å²) >= 11 is 0. The van der Waals surface area contributed by atoms with E-state index in [1.165, 1.54) is 18.5 Å². The van der Waals surface area contributed by atoms with Crippen molar-refractivity contribution in [2.45, 2.75) is 58.9 Å². The molecule has 2 aromatic rings. The number of nitrogens with one attached hydrogen (secondary N) is 1. The summed E-state index contributed by atoms with van der Waals surface area (Å²) in [6.45, 7) is 13.0. The Morgan fingerprint density at radius 3 is 2.53 bits per heavy atom. The Kier molecular flexibility index (Phi) is 7.06. The number of amides is 1. The van der Waals surface area contributed by atoms with Gasteiger partial charge in [0.2, 0.25) is 0 Å². The smallest absolute Gasteiger partial charge is 0.258 e. The lowest BCUT2D eigenvalue weighted by molar-refractivity contribution is -0.123. The van der Waals surface area contributed by atoms with Gasteiger partial charge in [-0.25, -0.2) is 0 Å². The van der Waals surface area contributed by atoms with E-state index >= 15 is 0 Å². The first-order valence-electron chi connectivity index (χ1n) is 11.1. The average molecular weight is 409 g/mol. The van der Waals surface area contributed by atoms with Crippen molar-refractivity contribution in [2.75, 3.05) is 24.6 Å². The molecule has 0 aliphatic carbocycles. The van der Waals surface area contributed by atoms with Crippen LogP contribution in [-0.2, 0) is 10.2 Å². The van der Waals surface area contributed by atoms with Crippen molar-refractivity contribution in [1.29, 1.82) is 0 Å². The molecule has 1 fully saturated rings. The van der Waals surface area contributed by atoms with Gasteiger partial charge in [0, 0.05) is 18.8 Å². The lowest BCUT2D eigenvalue weighted by Crippen LogP contribution is -2.34. The molecule has 2 atom stereocenters. The van der Waals surface area contributed by atoms with E-state index in [0.29, 0.717) is 0 Å². The summed E-state index contributed by atoms with van der Waals surface area (Å²) in [6.07, 6.45) is 2.58. The quantitative estimate of drug-likeness (QED) is 0.688. The minimum absolute atomic E-state index is 0.0151. The van der Waals surface area contributed by atoms with Crippen molar-refractivity contribution in [1.82, 2.24) is 5.32 Å². The molecular formula is C26H36N2O2. The standard InChI is InChI=1S/C26H36N2O2/c1-19-9-8-16-28(17-19)22-14-12-21(13-15-22)20(2)27-25(29)18-30-24-11-7-6-10-23(24)26(3,4)5/h6-7,10-15,19-20H,8-9,16-18H2,1-5H3,(H,27,29). The molecule has 0 aromatic heterocycles. The summed E-state index contributed by atoms with van der Waals surface area (Å²) in [5.74, 6) is 1.41. The minimum atomic E-state index is -0.111. The van der Waals surface area contributed by atoms with Crippen LogP contribution in [0.4, 0.5) is 5.69 Å². The molecule has 1 amide bonds. The fraction of sp³-hybridized carbons (Fsp3) is 0.500. The molecule has 1 aliphatic heterocycles. The molecule has 4 nitrogen and oxygen atoms in total. The number of ether oxygens (including phenoxy) is 1. The first-order valence-corrected chi connectivity index (χ1v) is 11.1. The molecule has 0 bridgehead atoms. The third-order valence-corrected chi connectivity index (χ3v) is 5.85. The van der Waals surface area contributed by atoms with Crippen LogP contribution in [0.25, 0.3) is 0 Å². The lowest BCUT2D eigenvalue weighted by atomic mass is 9.86. The second-order valence-electron chi connectivity index (χ2n) is 9.61. The van der Waals surface area contributed by atoms with Crippen LogP contribution in [0.2, 0.25) is 0 Å². The molecule has 4 heteroatoms. The zero-order chi connectivity index (χ0) is 21.7. The van der Waals surface area contributed by atoms with Crippen molar-refractivity contribution in [3.63, 3.8) is 0 Å². The first kappa shape index (κ1) is 22.2. The Bertz CT molecular complexity index is 839. The van der Waals surface area contributed by atoms with Crippen LogP contribution in [0, 0.1) is 5.92 Å². The largest absolute Gasteiger partial charge is 0.483 e. The molecule has 1 aliphatic rings. The molecule has 0 saturated carbocycles. The highest BCUT2D eigenvalue weighted by Gasteiger charge is 2.20. The van der Waals surface area contributed by atoms with E-state index < -0.39 is 0 Å². The number of benzene rings is 2. The zero-order valence-corrected chi connectivity index (χ0v) is 19.1. The van der Waals surface area contributed by atoms with Gasteiger partial charge in [0.15, 0.2) is 6.61 Å². The summed E-state index contributed by atoms with van der Waals surface area (Å²) in [5.41, 5.74) is 3.44. The van der Waals surface area contributed by atoms with Gasteiger partial charge in [0.05, 0.1) is 6.04 Å². The molecule has 1 heterocycles. The summed E-state index contributed by atoms with van der Waals surface area (Å²) in [4.78, 5) is 14.9. The molecule has 2 aromatic carbocycles. The van der Waals surface area contributed by atoms with Crippen molar-refractivity contribution in [3.05, 3.63) is 59.7 Å². The van der Waals surface area contributed by atoms with E-state index in [4.69, 9.17) is 4.74 Å². The van der Waals surface area contributed by atoms with Crippen LogP contribution in [0.15, 0.2) is 48.5 Å². The third-order valence-electron chi connectivity index (χ3n) is 5.85. The molecule has 3 rings (SSSR count). The van der Waals surface area contributed by atoms with Gasteiger partial charge in [-0.1, -0.05) is 58.0 Å². The number of nitrogens with zero attached hydrogens (tertiary/aromatic N) is 1. The van der Waals surface area contributed by atoms with E-state index in [1.54, 1.807) is 0 Å². The molecule has 30 heavy (non-hydrogen) atoms. The Morgan fingerprint density at radius 2 is 1.87 bits per heavy atom. The van der Waals surface area contributed by atoms with Crippen LogP contribution in [0.3, 0.4) is 0 Å². The highest BCUT2D eigenvalue weighted by Crippen LogP contribution is 2.31. The maximum absolute atomic E-state index is 12.5. The molecule has 1 N–H and O–H groups in total. The number of rotatable bonds is 6. The van der Waals surface area contributed by atoms with Crippen molar-refractivity contribution < 1.29 is 9.53 Å². The summed E-state index contributed by atoms with van der Waals surface area (Å²) in [6, 6.07) is 16.5. The maximum Gasteiger partial charge on any atom is 0.258 e. The monoisotopic (exact) mass is 408 g/mol. The zero-order valence-electron chi connectivity index (χ0n) is 19.1. The van der Waals surface area contributed by atoms with Crippen molar-refractivity contribution in [2.24, 2.45) is 5.92 Å². The predicted molar refractivity (Wildman–Crippen MR) is 124 cm³/mol. The number of anilines is 1. The Labute approximate surface area is 181 Å². The molecule has 0 spiro atoms. The lowest BCUT2D eigenvalue weighted by Gasteiger charge is -2.33. The number of carbonyl (C=O) groups is 1. The van der Waals surface area contributed by atoms with Crippen molar-refractivity contribution >= 4 is 11.6 Å². The molecular weight excluding hydrogens is 372 g/mol. The highest BCUT2D eigenvalue weighted by molar-refractivity contribution is 5.78. The number of piperidine rings is 1. The van der Waals surface area contributed by atoms with Crippen LogP contribution in [0.1, 0.15) is 64.6 Å². The highest BCUT2D eigenvalue weighted by atomic mass is 16.5. The topological polar surface area (TPSA) is 41.6 Å². The Hall–Kier alpha value is -2.49. The van der Waals surface area contributed by atoms with Crippen LogP contribution in [-0.4, -0.2) is 25.6 Å². The number of carbonyl (C=O) groups excluding carboxylic acids is 1. The van der Waals surface area contributed by atoms with E-state index in [0.717, 1.165) is 35.9 Å². The van der Waals surface area contributed by atoms with E-state index in [9.17, 15) is 4.79 Å². The normalized spacial score (nSPS) is 18.0. The minimum Gasteiger partial charge on any atom is -0.483 e. The van der Waals surface area contributed by atoms with Gasteiger partial charge in [0.25, 0.3) is 5.91 Å². The van der Waals surface area contributed by atoms with Gasteiger partial charge in [-0.05, 0) is 60.4 Å². The SMILES string of the molecule is CC1CCCN(c2ccc(C(C)NC(=O)COc3ccccc3C(C)(C)C)cc2)C1.